The molecule has 0 bridgehead atoms. The van der Waals surface area contributed by atoms with Gasteiger partial charge in [-0.05, 0) is 19.0 Å². The number of hydrogen-bond donors (Lipinski definition) is 1. The maximum absolute atomic E-state index is 4.63. The maximum atomic E-state index is 4.63. The van der Waals surface area contributed by atoms with E-state index in [9.17, 15) is 0 Å². The van der Waals surface area contributed by atoms with Gasteiger partial charge in [0, 0.05) is 41.9 Å². The van der Waals surface area contributed by atoms with E-state index in [0.29, 0.717) is 10.5 Å². The van der Waals surface area contributed by atoms with Crippen molar-refractivity contribution in [2.45, 2.75) is 44.2 Å². The monoisotopic (exact) mass is 279 g/mol. The van der Waals surface area contributed by atoms with Crippen LogP contribution in [0.1, 0.15) is 32.8 Å². The number of aromatic nitrogens is 1. The zero-order valence-corrected chi connectivity index (χ0v) is 13.0. The first kappa shape index (κ1) is 14.7. The van der Waals surface area contributed by atoms with Gasteiger partial charge in [0.05, 0.1) is 0 Å². The largest absolute Gasteiger partial charge is 0.354 e. The minimum atomic E-state index is 0.683. The van der Waals surface area contributed by atoms with Crippen LogP contribution < -0.4 is 10.2 Å². The van der Waals surface area contributed by atoms with Gasteiger partial charge in [0.1, 0.15) is 5.82 Å². The van der Waals surface area contributed by atoms with Crippen molar-refractivity contribution in [1.82, 2.24) is 10.3 Å². The molecule has 1 aliphatic rings. The van der Waals surface area contributed by atoms with E-state index in [4.69, 9.17) is 0 Å². The zero-order valence-electron chi connectivity index (χ0n) is 12.2. The summed E-state index contributed by atoms with van der Waals surface area (Å²) in [5, 5.41) is 4.85. The van der Waals surface area contributed by atoms with E-state index in [1.807, 2.05) is 12.3 Å². The van der Waals surface area contributed by atoms with Gasteiger partial charge in [0.25, 0.3) is 0 Å². The van der Waals surface area contributed by atoms with Gasteiger partial charge < -0.3 is 10.2 Å². The van der Waals surface area contributed by atoms with Gasteiger partial charge in [-0.15, -0.1) is 0 Å². The number of hydrogen-bond acceptors (Lipinski definition) is 4. The van der Waals surface area contributed by atoms with Crippen molar-refractivity contribution >= 4 is 17.6 Å². The molecule has 1 fully saturated rings. The van der Waals surface area contributed by atoms with Gasteiger partial charge in [0.2, 0.25) is 0 Å². The lowest BCUT2D eigenvalue weighted by Gasteiger charge is -2.36. The van der Waals surface area contributed by atoms with E-state index < -0.39 is 0 Å². The lowest BCUT2D eigenvalue weighted by atomic mass is 10.2. The van der Waals surface area contributed by atoms with Crippen LogP contribution in [0.2, 0.25) is 0 Å². The number of anilines is 1. The summed E-state index contributed by atoms with van der Waals surface area (Å²) < 4.78 is 0. The molecular formula is C15H25N3S. The van der Waals surface area contributed by atoms with Crippen molar-refractivity contribution in [2.24, 2.45) is 0 Å². The molecule has 0 radical (unpaired) electrons. The summed E-state index contributed by atoms with van der Waals surface area (Å²) in [5.41, 5.74) is 1.32. The van der Waals surface area contributed by atoms with E-state index in [0.717, 1.165) is 26.2 Å². The highest BCUT2D eigenvalue weighted by Crippen LogP contribution is 2.29. The summed E-state index contributed by atoms with van der Waals surface area (Å²) in [7, 11) is 0. The second-order valence-corrected chi connectivity index (χ2v) is 7.21. The van der Waals surface area contributed by atoms with E-state index in [-0.39, 0.29) is 0 Å². The summed E-state index contributed by atoms with van der Waals surface area (Å²) >= 11 is 2.08. The van der Waals surface area contributed by atoms with Crippen molar-refractivity contribution in [3.8, 4) is 0 Å². The molecule has 1 aromatic rings. The Labute approximate surface area is 121 Å². The predicted octanol–water partition coefficient (Wildman–Crippen LogP) is 2.91. The molecule has 2 atom stereocenters. The molecule has 1 N–H and O–H groups in total. The van der Waals surface area contributed by atoms with Crippen LogP contribution in [0.3, 0.4) is 0 Å². The molecule has 2 heterocycles. The minimum absolute atomic E-state index is 0.683. The molecule has 0 amide bonds. The van der Waals surface area contributed by atoms with E-state index in [1.165, 1.54) is 17.8 Å². The van der Waals surface area contributed by atoms with Crippen LogP contribution in [-0.2, 0) is 6.54 Å². The number of nitrogens with zero attached hydrogens (tertiary/aromatic N) is 2. The molecule has 1 aromatic heterocycles. The topological polar surface area (TPSA) is 28.2 Å². The van der Waals surface area contributed by atoms with Crippen LogP contribution >= 0.6 is 11.8 Å². The summed E-state index contributed by atoms with van der Waals surface area (Å²) in [4.78, 5) is 7.08. The summed E-state index contributed by atoms with van der Waals surface area (Å²) in [6, 6.07) is 4.24. The van der Waals surface area contributed by atoms with E-state index in [1.54, 1.807) is 0 Å². The first-order valence-corrected chi connectivity index (χ1v) is 8.20. The molecule has 106 valence electrons. The Hall–Kier alpha value is -0.740. The third-order valence-corrected chi connectivity index (χ3v) is 4.56. The standard InChI is InChI=1S/C15H25N3S/c1-4-7-16-9-14-6-5-8-17-15(14)18-10-12(2)19-13(3)11-18/h5-6,8,12-13,16H,4,7,9-11H2,1-3H3. The molecule has 19 heavy (non-hydrogen) atoms. The van der Waals surface area contributed by atoms with Gasteiger partial charge in [-0.3, -0.25) is 0 Å². The second kappa shape index (κ2) is 7.15. The average molecular weight is 279 g/mol. The van der Waals surface area contributed by atoms with Crippen molar-refractivity contribution in [3.63, 3.8) is 0 Å². The van der Waals surface area contributed by atoms with Gasteiger partial charge in [-0.1, -0.05) is 26.8 Å². The molecule has 0 spiro atoms. The van der Waals surface area contributed by atoms with E-state index >= 15 is 0 Å². The van der Waals surface area contributed by atoms with E-state index in [2.05, 4.69) is 53.8 Å². The van der Waals surface area contributed by atoms with Crippen LogP contribution in [0.5, 0.6) is 0 Å². The maximum Gasteiger partial charge on any atom is 0.133 e. The summed E-state index contributed by atoms with van der Waals surface area (Å²) in [5.74, 6) is 1.17. The highest BCUT2D eigenvalue weighted by molar-refractivity contribution is 8.00. The number of thioether (sulfide) groups is 1. The van der Waals surface area contributed by atoms with Crippen molar-refractivity contribution in [3.05, 3.63) is 23.9 Å². The Morgan fingerprint density at radius 2 is 2.11 bits per heavy atom. The lowest BCUT2D eigenvalue weighted by molar-refractivity contribution is 0.662. The van der Waals surface area contributed by atoms with Crippen LogP contribution in [0.15, 0.2) is 18.3 Å². The highest BCUT2D eigenvalue weighted by atomic mass is 32.2. The molecule has 0 aromatic carbocycles. The van der Waals surface area contributed by atoms with Crippen LogP contribution in [0.25, 0.3) is 0 Å². The van der Waals surface area contributed by atoms with Crippen LogP contribution in [0.4, 0.5) is 5.82 Å². The molecule has 2 unspecified atom stereocenters. The first-order chi connectivity index (χ1) is 9.20. The van der Waals surface area contributed by atoms with Gasteiger partial charge >= 0.3 is 0 Å². The molecule has 1 saturated heterocycles. The number of nitrogens with one attached hydrogen (secondary N) is 1. The van der Waals surface area contributed by atoms with Crippen LogP contribution in [0, 0.1) is 0 Å². The summed E-state index contributed by atoms with van der Waals surface area (Å²) in [6.45, 7) is 11.0. The molecule has 0 aliphatic carbocycles. The Morgan fingerprint density at radius 3 is 2.79 bits per heavy atom. The zero-order chi connectivity index (χ0) is 13.7. The normalized spacial score (nSPS) is 23.6. The Morgan fingerprint density at radius 1 is 1.37 bits per heavy atom. The molecule has 0 saturated carbocycles. The molecule has 3 nitrogen and oxygen atoms in total. The summed E-state index contributed by atoms with van der Waals surface area (Å²) in [6.07, 6.45) is 3.08. The minimum Gasteiger partial charge on any atom is -0.354 e. The van der Waals surface area contributed by atoms with Gasteiger partial charge in [-0.2, -0.15) is 11.8 Å². The average Bonchev–Trinajstić information content (AvgIpc) is 2.38. The highest BCUT2D eigenvalue weighted by Gasteiger charge is 2.24. The fourth-order valence-corrected chi connectivity index (χ4v) is 3.93. The molecule has 2 rings (SSSR count). The molecule has 4 heteroatoms. The molecular weight excluding hydrogens is 254 g/mol. The number of rotatable bonds is 5. The smallest absolute Gasteiger partial charge is 0.133 e. The van der Waals surface area contributed by atoms with Gasteiger partial charge in [0.15, 0.2) is 0 Å². The number of pyridine rings is 1. The van der Waals surface area contributed by atoms with Crippen LogP contribution in [-0.4, -0.2) is 35.1 Å². The van der Waals surface area contributed by atoms with Crippen molar-refractivity contribution in [2.75, 3.05) is 24.5 Å². The SMILES string of the molecule is CCCNCc1cccnc1N1CC(C)SC(C)C1. The van der Waals surface area contributed by atoms with Gasteiger partial charge in [-0.25, -0.2) is 4.98 Å². The predicted molar refractivity (Wildman–Crippen MR) is 85.0 cm³/mol. The second-order valence-electron chi connectivity index (χ2n) is 5.33. The van der Waals surface area contributed by atoms with Crippen molar-refractivity contribution in [1.29, 1.82) is 0 Å². The fraction of sp³-hybridized carbons (Fsp3) is 0.667. The van der Waals surface area contributed by atoms with Crippen molar-refractivity contribution < 1.29 is 0 Å². The Bertz CT molecular complexity index is 387. The first-order valence-electron chi connectivity index (χ1n) is 7.25. The fourth-order valence-electron chi connectivity index (χ4n) is 2.60. The third kappa shape index (κ3) is 4.11. The Balaban J connectivity index is 2.09. The Kier molecular flexibility index (Phi) is 5.52. The molecule has 1 aliphatic heterocycles. The quantitative estimate of drug-likeness (QED) is 0.839. The third-order valence-electron chi connectivity index (χ3n) is 3.33. The lowest BCUT2D eigenvalue weighted by Crippen LogP contribution is -2.41.